The number of hydrogen-bond acceptors (Lipinski definition) is 3. The Kier molecular flexibility index (Phi) is 7.27. The van der Waals surface area contributed by atoms with Crippen molar-refractivity contribution < 1.29 is 4.74 Å². The summed E-state index contributed by atoms with van der Waals surface area (Å²) in [6.07, 6.45) is 6.88. The lowest BCUT2D eigenvalue weighted by Crippen LogP contribution is -2.29. The number of thiocarbonyl (C=S) groups is 1. The highest BCUT2D eigenvalue weighted by atomic mass is 35.5. The molecule has 0 radical (unpaired) electrons. The van der Waals surface area contributed by atoms with Crippen molar-refractivity contribution in [2.75, 3.05) is 4.90 Å². The second kappa shape index (κ2) is 10.8. The van der Waals surface area contributed by atoms with Crippen LogP contribution in [0.3, 0.4) is 0 Å². The zero-order chi connectivity index (χ0) is 27.1. The highest BCUT2D eigenvalue weighted by Gasteiger charge is 2.42. The minimum absolute atomic E-state index is 0.132. The van der Waals surface area contributed by atoms with Gasteiger partial charge in [-0.25, -0.2) is 0 Å². The molecule has 2 fully saturated rings. The lowest BCUT2D eigenvalue weighted by Gasteiger charge is -2.28. The number of ether oxygens (including phenoxy) is 1. The number of aryl methyl sites for hydroxylation is 1. The predicted molar refractivity (Wildman–Crippen MR) is 163 cm³/mol. The van der Waals surface area contributed by atoms with Crippen LogP contribution in [0.2, 0.25) is 10.0 Å². The molecule has 2 aromatic carbocycles. The van der Waals surface area contributed by atoms with Gasteiger partial charge in [-0.05, 0) is 112 Å². The number of halogens is 2. The van der Waals surface area contributed by atoms with Crippen molar-refractivity contribution in [1.82, 2.24) is 14.9 Å². The van der Waals surface area contributed by atoms with E-state index in [0.717, 1.165) is 52.6 Å². The zero-order valence-electron chi connectivity index (χ0n) is 21.9. The van der Waals surface area contributed by atoms with E-state index >= 15 is 0 Å². The highest BCUT2D eigenvalue weighted by Crippen LogP contribution is 2.44. The van der Waals surface area contributed by atoms with Gasteiger partial charge in [-0.3, -0.25) is 4.98 Å². The van der Waals surface area contributed by atoms with Crippen LogP contribution in [-0.2, 0) is 0 Å². The van der Waals surface area contributed by atoms with Gasteiger partial charge in [0, 0.05) is 23.3 Å². The second-order valence-corrected chi connectivity index (χ2v) is 11.4. The maximum atomic E-state index is 6.67. The fraction of sp³-hybridized carbons (Fsp3) is 0.290. The molecule has 5 nitrogen and oxygen atoms in total. The third kappa shape index (κ3) is 4.90. The molecule has 2 aliphatic rings. The van der Waals surface area contributed by atoms with E-state index in [2.05, 4.69) is 59.0 Å². The molecule has 0 bridgehead atoms. The number of nitrogens with zero attached hydrogens (tertiary/aromatic N) is 3. The van der Waals surface area contributed by atoms with Crippen LogP contribution < -0.4 is 15.0 Å². The normalized spacial score (nSPS) is 19.5. The van der Waals surface area contributed by atoms with Crippen molar-refractivity contribution in [2.45, 2.75) is 57.7 Å². The topological polar surface area (TPSA) is 42.3 Å². The molecule has 1 saturated heterocycles. The van der Waals surface area contributed by atoms with Gasteiger partial charge < -0.3 is 19.5 Å². The molecule has 1 aliphatic carbocycles. The zero-order valence-corrected chi connectivity index (χ0v) is 24.2. The molecule has 2 atom stereocenters. The Morgan fingerprint density at radius 3 is 2.46 bits per heavy atom. The Bertz CT molecular complexity index is 1500. The van der Waals surface area contributed by atoms with Gasteiger partial charge in [0.2, 0.25) is 0 Å². The smallest absolute Gasteiger partial charge is 0.174 e. The number of nitrogens with one attached hydrogen (secondary N) is 1. The van der Waals surface area contributed by atoms with E-state index < -0.39 is 0 Å². The van der Waals surface area contributed by atoms with E-state index in [1.807, 2.05) is 36.5 Å². The molecular weight excluding hydrogens is 547 g/mol. The Balaban J connectivity index is 1.43. The van der Waals surface area contributed by atoms with Gasteiger partial charge in [-0.2, -0.15) is 0 Å². The summed E-state index contributed by atoms with van der Waals surface area (Å²) in [5, 5.41) is 5.28. The monoisotopic (exact) mass is 576 g/mol. The predicted octanol–water partition coefficient (Wildman–Crippen LogP) is 8.29. The van der Waals surface area contributed by atoms with Crippen LogP contribution in [0.1, 0.15) is 60.4 Å². The van der Waals surface area contributed by atoms with Crippen LogP contribution in [0.25, 0.3) is 5.69 Å². The van der Waals surface area contributed by atoms with Crippen LogP contribution >= 0.6 is 35.4 Å². The second-order valence-electron chi connectivity index (χ2n) is 10.2. The van der Waals surface area contributed by atoms with Gasteiger partial charge in [-0.1, -0.05) is 35.3 Å². The molecule has 1 N–H and O–H groups in total. The number of benzene rings is 2. The molecule has 1 saturated carbocycles. The lowest BCUT2D eigenvalue weighted by atomic mass is 9.96. The van der Waals surface area contributed by atoms with Crippen molar-refractivity contribution >= 4 is 46.2 Å². The van der Waals surface area contributed by atoms with E-state index in [-0.39, 0.29) is 12.1 Å². The highest BCUT2D eigenvalue weighted by molar-refractivity contribution is 7.80. The number of hydrogen-bond donors (Lipinski definition) is 1. The van der Waals surface area contributed by atoms with Gasteiger partial charge in [0.25, 0.3) is 0 Å². The first-order chi connectivity index (χ1) is 18.9. The molecule has 8 heteroatoms. The van der Waals surface area contributed by atoms with Gasteiger partial charge in [0.05, 0.1) is 39.6 Å². The van der Waals surface area contributed by atoms with E-state index in [1.165, 1.54) is 12.8 Å². The average Bonchev–Trinajstić information content (AvgIpc) is 3.65. The largest absolute Gasteiger partial charge is 0.490 e. The maximum Gasteiger partial charge on any atom is 0.174 e. The minimum Gasteiger partial charge on any atom is -0.490 e. The lowest BCUT2D eigenvalue weighted by molar-refractivity contribution is 0.210. The van der Waals surface area contributed by atoms with E-state index in [0.29, 0.717) is 21.3 Å². The molecule has 3 heterocycles. The first-order valence-corrected chi connectivity index (χ1v) is 14.5. The first kappa shape index (κ1) is 26.2. The number of aromatic nitrogens is 2. The molecule has 39 heavy (non-hydrogen) atoms. The van der Waals surface area contributed by atoms with Crippen LogP contribution in [0.5, 0.6) is 5.75 Å². The summed E-state index contributed by atoms with van der Waals surface area (Å²) in [5.74, 6) is 0.898. The Morgan fingerprint density at radius 2 is 1.74 bits per heavy atom. The van der Waals surface area contributed by atoms with Crippen LogP contribution in [0.4, 0.5) is 5.69 Å². The van der Waals surface area contributed by atoms with E-state index in [9.17, 15) is 0 Å². The molecule has 1 aliphatic heterocycles. The third-order valence-corrected chi connectivity index (χ3v) is 8.90. The molecule has 4 aromatic rings. The average molecular weight is 578 g/mol. The molecule has 2 aromatic heterocycles. The van der Waals surface area contributed by atoms with Gasteiger partial charge >= 0.3 is 0 Å². The number of rotatable bonds is 6. The molecule has 0 amide bonds. The molecule has 0 spiro atoms. The Morgan fingerprint density at radius 1 is 0.974 bits per heavy atom. The summed E-state index contributed by atoms with van der Waals surface area (Å²) in [4.78, 5) is 6.89. The summed E-state index contributed by atoms with van der Waals surface area (Å²) < 4.78 is 8.39. The summed E-state index contributed by atoms with van der Waals surface area (Å²) in [6, 6.07) is 21.9. The van der Waals surface area contributed by atoms with Crippen molar-refractivity contribution in [3.8, 4) is 11.4 Å². The standard InChI is InChI=1S/C31H30Cl2N4OS/c1-19-18-24(20(2)36(19)27-12-7-10-25(32)28(27)33)30-29(26-11-5-6-17-34-26)35-31(39)37(30)21-13-15-23(16-14-21)38-22-8-3-4-9-22/h5-7,10-18,22,29-30H,3-4,8-9H2,1-2H3,(H,35,39)/t29-,30-/m1/s1. The first-order valence-electron chi connectivity index (χ1n) is 13.3. The van der Waals surface area contributed by atoms with Crippen molar-refractivity contribution in [3.05, 3.63) is 106 Å². The summed E-state index contributed by atoms with van der Waals surface area (Å²) in [6.45, 7) is 4.21. The molecule has 6 rings (SSSR count). The number of anilines is 1. The molecule has 0 unspecified atom stereocenters. The SMILES string of the molecule is Cc1cc([C@@H]2[C@@H](c3ccccn3)NC(=S)N2c2ccc(OC3CCCC3)cc2)c(C)n1-c1cccc(Cl)c1Cl. The fourth-order valence-electron chi connectivity index (χ4n) is 5.96. The van der Waals surface area contributed by atoms with Crippen molar-refractivity contribution in [2.24, 2.45) is 0 Å². The Labute approximate surface area is 244 Å². The van der Waals surface area contributed by atoms with Crippen LogP contribution in [0.15, 0.2) is 72.9 Å². The van der Waals surface area contributed by atoms with Crippen LogP contribution in [0, 0.1) is 13.8 Å². The molecular formula is C31H30Cl2N4OS. The van der Waals surface area contributed by atoms with Gasteiger partial charge in [0.1, 0.15) is 5.75 Å². The minimum atomic E-state index is -0.142. The maximum absolute atomic E-state index is 6.67. The van der Waals surface area contributed by atoms with Crippen LogP contribution in [-0.4, -0.2) is 20.8 Å². The quantitative estimate of drug-likeness (QED) is 0.234. The Hall–Kier alpha value is -3.06. The van der Waals surface area contributed by atoms with E-state index in [4.69, 9.17) is 45.1 Å². The van der Waals surface area contributed by atoms with Gasteiger partial charge in [0.15, 0.2) is 5.11 Å². The number of pyridine rings is 1. The summed E-state index contributed by atoms with van der Waals surface area (Å²) in [7, 11) is 0. The summed E-state index contributed by atoms with van der Waals surface area (Å²) in [5.41, 5.74) is 6.05. The van der Waals surface area contributed by atoms with Crippen molar-refractivity contribution in [3.63, 3.8) is 0 Å². The fourth-order valence-corrected chi connectivity index (χ4v) is 6.68. The van der Waals surface area contributed by atoms with E-state index in [1.54, 1.807) is 6.07 Å². The summed E-state index contributed by atoms with van der Waals surface area (Å²) >= 11 is 19.0. The van der Waals surface area contributed by atoms with Gasteiger partial charge in [-0.15, -0.1) is 0 Å². The third-order valence-electron chi connectivity index (χ3n) is 7.78. The molecule has 200 valence electrons. The van der Waals surface area contributed by atoms with Crippen molar-refractivity contribution in [1.29, 1.82) is 0 Å².